The molecule has 0 unspecified atom stereocenters. The third kappa shape index (κ3) is 2.85. The van der Waals surface area contributed by atoms with E-state index in [0.717, 1.165) is 5.88 Å². The van der Waals surface area contributed by atoms with Crippen molar-refractivity contribution in [3.63, 3.8) is 0 Å². The van der Waals surface area contributed by atoms with Crippen LogP contribution in [0.4, 0.5) is 0 Å². The lowest BCUT2D eigenvalue weighted by molar-refractivity contribution is 0.219. The van der Waals surface area contributed by atoms with Crippen LogP contribution < -0.4 is 0 Å². The molecule has 0 nitrogen and oxygen atoms in total. The number of alkyl halides is 1. The summed E-state index contributed by atoms with van der Waals surface area (Å²) < 4.78 is 0. The highest BCUT2D eigenvalue weighted by Gasteiger charge is 2.32. The fraction of sp³-hybridized carbons (Fsp3) is 0.625. The number of benzene rings is 1. The van der Waals surface area contributed by atoms with Crippen molar-refractivity contribution in [3.05, 3.63) is 34.9 Å². The van der Waals surface area contributed by atoms with Gasteiger partial charge in [-0.1, -0.05) is 37.5 Å². The lowest BCUT2D eigenvalue weighted by atomic mass is 9.71. The summed E-state index contributed by atoms with van der Waals surface area (Å²) in [7, 11) is 0. The number of hydrogen-bond acceptors (Lipinski definition) is 0. The molecular weight excluding hydrogens is 228 g/mol. The Hall–Kier alpha value is -0.490. The summed E-state index contributed by atoms with van der Waals surface area (Å²) in [6.07, 6.45) is 7.91. The Morgan fingerprint density at radius 2 is 1.65 bits per heavy atom. The highest BCUT2D eigenvalue weighted by molar-refractivity contribution is 6.18. The minimum Gasteiger partial charge on any atom is -0.126 e. The second kappa shape index (κ2) is 5.44. The Morgan fingerprint density at radius 1 is 1.06 bits per heavy atom. The number of halogens is 1. The van der Waals surface area contributed by atoms with Crippen molar-refractivity contribution in [1.82, 2.24) is 0 Å². The summed E-state index contributed by atoms with van der Waals surface area (Å²) in [5, 5.41) is 0. The van der Waals surface area contributed by atoms with E-state index in [9.17, 15) is 0 Å². The zero-order chi connectivity index (χ0) is 12.3. The second-order valence-electron chi connectivity index (χ2n) is 5.74. The molecule has 0 N–H and O–H groups in total. The monoisotopic (exact) mass is 250 g/mol. The first-order chi connectivity index (χ1) is 8.17. The smallest absolute Gasteiger partial charge is 0.0283 e. The molecule has 1 aromatic rings. The first-order valence-corrected chi connectivity index (χ1v) is 7.31. The highest BCUT2D eigenvalue weighted by Crippen LogP contribution is 2.41. The van der Waals surface area contributed by atoms with Crippen LogP contribution in [0.25, 0.3) is 0 Å². The molecule has 1 saturated carbocycles. The molecule has 0 atom stereocenters. The van der Waals surface area contributed by atoms with Gasteiger partial charge < -0.3 is 0 Å². The van der Waals surface area contributed by atoms with Gasteiger partial charge in [0.15, 0.2) is 0 Å². The molecule has 1 aromatic carbocycles. The number of hydrogen-bond donors (Lipinski definition) is 0. The molecule has 0 spiro atoms. The van der Waals surface area contributed by atoms with Gasteiger partial charge in [0.05, 0.1) is 0 Å². The average molecular weight is 251 g/mol. The van der Waals surface area contributed by atoms with E-state index in [2.05, 4.69) is 32.0 Å². The van der Waals surface area contributed by atoms with Gasteiger partial charge in [-0.05, 0) is 55.2 Å². The van der Waals surface area contributed by atoms with Gasteiger partial charge in [0.2, 0.25) is 0 Å². The molecule has 0 radical (unpaired) electrons. The van der Waals surface area contributed by atoms with Crippen LogP contribution in [0.15, 0.2) is 18.2 Å². The van der Waals surface area contributed by atoms with Gasteiger partial charge in [-0.15, -0.1) is 11.6 Å². The maximum Gasteiger partial charge on any atom is 0.0283 e. The first kappa shape index (κ1) is 13.0. The third-order valence-electron chi connectivity index (χ3n) is 4.39. The molecule has 0 amide bonds. The summed E-state index contributed by atoms with van der Waals surface area (Å²) in [5.41, 5.74) is 4.77. The van der Waals surface area contributed by atoms with Crippen LogP contribution in [0, 0.1) is 19.3 Å². The van der Waals surface area contributed by atoms with Gasteiger partial charge in [0.1, 0.15) is 0 Å². The van der Waals surface area contributed by atoms with E-state index in [4.69, 9.17) is 11.6 Å². The predicted octanol–water partition coefficient (Wildman–Crippen LogP) is 5.04. The number of rotatable bonds is 3. The minimum atomic E-state index is 0.372. The zero-order valence-electron chi connectivity index (χ0n) is 11.1. The fourth-order valence-corrected chi connectivity index (χ4v) is 3.52. The molecule has 1 aliphatic rings. The molecule has 0 aliphatic heterocycles. The summed E-state index contributed by atoms with van der Waals surface area (Å²) in [6, 6.07) is 6.61. The molecule has 0 saturated heterocycles. The second-order valence-corrected chi connectivity index (χ2v) is 6.01. The van der Waals surface area contributed by atoms with Gasteiger partial charge in [-0.25, -0.2) is 0 Å². The van der Waals surface area contributed by atoms with Crippen LogP contribution in [-0.2, 0) is 6.42 Å². The quantitative estimate of drug-likeness (QED) is 0.660. The van der Waals surface area contributed by atoms with Crippen LogP contribution in [0.1, 0.15) is 48.8 Å². The van der Waals surface area contributed by atoms with Crippen molar-refractivity contribution in [2.24, 2.45) is 5.41 Å². The van der Waals surface area contributed by atoms with E-state index in [0.29, 0.717) is 5.41 Å². The predicted molar refractivity (Wildman–Crippen MR) is 75.9 cm³/mol. The standard InChI is InChI=1S/C16H23Cl/c1-13-7-6-8-14(2)15(13)11-16(12-17)9-4-3-5-10-16/h6-8H,3-5,9-12H2,1-2H3. The topological polar surface area (TPSA) is 0 Å². The molecule has 0 heterocycles. The van der Waals surface area contributed by atoms with Crippen LogP contribution in [-0.4, -0.2) is 5.88 Å². The third-order valence-corrected chi connectivity index (χ3v) is 4.96. The maximum absolute atomic E-state index is 6.29. The lowest BCUT2D eigenvalue weighted by Crippen LogP contribution is -2.29. The van der Waals surface area contributed by atoms with Crippen LogP contribution in [0.2, 0.25) is 0 Å². The Kier molecular flexibility index (Phi) is 4.14. The lowest BCUT2D eigenvalue weighted by Gasteiger charge is -2.36. The van der Waals surface area contributed by atoms with Crippen molar-refractivity contribution in [1.29, 1.82) is 0 Å². The van der Waals surface area contributed by atoms with Gasteiger partial charge in [-0.3, -0.25) is 0 Å². The molecule has 2 rings (SSSR count). The van der Waals surface area contributed by atoms with Crippen LogP contribution in [0.5, 0.6) is 0 Å². The van der Waals surface area contributed by atoms with Crippen LogP contribution in [0.3, 0.4) is 0 Å². The van der Waals surface area contributed by atoms with Crippen molar-refractivity contribution in [3.8, 4) is 0 Å². The van der Waals surface area contributed by atoms with E-state index in [1.807, 2.05) is 0 Å². The highest BCUT2D eigenvalue weighted by atomic mass is 35.5. The van der Waals surface area contributed by atoms with Gasteiger partial charge in [-0.2, -0.15) is 0 Å². The molecule has 94 valence electrons. The van der Waals surface area contributed by atoms with Gasteiger partial charge in [0, 0.05) is 5.88 Å². The molecule has 1 fully saturated rings. The van der Waals surface area contributed by atoms with E-state index >= 15 is 0 Å². The Balaban J connectivity index is 2.23. The van der Waals surface area contributed by atoms with Crippen molar-refractivity contribution >= 4 is 11.6 Å². The normalized spacial score (nSPS) is 19.2. The average Bonchev–Trinajstić information content (AvgIpc) is 2.35. The molecule has 0 bridgehead atoms. The van der Waals surface area contributed by atoms with Crippen molar-refractivity contribution in [2.45, 2.75) is 52.4 Å². The largest absolute Gasteiger partial charge is 0.126 e. The van der Waals surface area contributed by atoms with Gasteiger partial charge in [0.25, 0.3) is 0 Å². The van der Waals surface area contributed by atoms with E-state index in [1.54, 1.807) is 0 Å². The molecule has 1 aliphatic carbocycles. The summed E-state index contributed by atoms with van der Waals surface area (Å²) in [6.45, 7) is 4.46. The van der Waals surface area contributed by atoms with E-state index in [-0.39, 0.29) is 0 Å². The first-order valence-electron chi connectivity index (χ1n) is 6.78. The van der Waals surface area contributed by atoms with Crippen molar-refractivity contribution < 1.29 is 0 Å². The Labute approximate surface area is 110 Å². The van der Waals surface area contributed by atoms with Gasteiger partial charge >= 0.3 is 0 Å². The van der Waals surface area contributed by atoms with Crippen LogP contribution >= 0.6 is 11.6 Å². The molecule has 17 heavy (non-hydrogen) atoms. The maximum atomic E-state index is 6.29. The van der Waals surface area contributed by atoms with E-state index < -0.39 is 0 Å². The minimum absolute atomic E-state index is 0.372. The Bertz CT molecular complexity index is 355. The molecule has 1 heteroatoms. The summed E-state index contributed by atoms with van der Waals surface area (Å²) in [4.78, 5) is 0. The molecular formula is C16H23Cl. The van der Waals surface area contributed by atoms with E-state index in [1.165, 1.54) is 55.2 Å². The SMILES string of the molecule is Cc1cccc(C)c1CC1(CCl)CCCCC1. The zero-order valence-corrected chi connectivity index (χ0v) is 11.8. The summed E-state index contributed by atoms with van der Waals surface area (Å²) in [5.74, 6) is 0.820. The fourth-order valence-electron chi connectivity index (χ4n) is 3.16. The Morgan fingerprint density at radius 3 is 2.18 bits per heavy atom. The summed E-state index contributed by atoms with van der Waals surface area (Å²) >= 11 is 6.29. The van der Waals surface area contributed by atoms with Crippen molar-refractivity contribution in [2.75, 3.05) is 5.88 Å². The molecule has 0 aromatic heterocycles. The number of aryl methyl sites for hydroxylation is 2.